The lowest BCUT2D eigenvalue weighted by atomic mass is 10.2. The van der Waals surface area contributed by atoms with Crippen LogP contribution in [-0.2, 0) is 11.3 Å². The maximum absolute atomic E-state index is 12.0. The van der Waals surface area contributed by atoms with Crippen LogP contribution >= 0.6 is 24.0 Å². The Kier molecular flexibility index (Phi) is 8.95. The highest BCUT2D eigenvalue weighted by atomic mass is 127. The monoisotopic (exact) mass is 461 g/mol. The van der Waals surface area contributed by atoms with Crippen molar-refractivity contribution in [2.75, 3.05) is 27.2 Å². The van der Waals surface area contributed by atoms with Crippen LogP contribution in [0.1, 0.15) is 26.0 Å². The summed E-state index contributed by atoms with van der Waals surface area (Å²) in [5.41, 5.74) is 0.875. The Morgan fingerprint density at radius 3 is 2.88 bits per heavy atom. The Balaban J connectivity index is 0.00000312. The molecule has 1 amide bonds. The molecule has 0 aliphatic carbocycles. The lowest BCUT2D eigenvalue weighted by molar-refractivity contribution is -0.133. The normalized spacial score (nSPS) is 17.2. The quantitative estimate of drug-likeness (QED) is 0.396. The molecule has 2 rings (SSSR count). The number of amides is 1. The van der Waals surface area contributed by atoms with Gasteiger partial charge in [-0.25, -0.2) is 4.98 Å². The molecule has 1 aromatic rings. The van der Waals surface area contributed by atoms with Crippen molar-refractivity contribution >= 4 is 35.8 Å². The number of nitrogens with zero attached hydrogens (tertiary/aromatic N) is 3. The van der Waals surface area contributed by atoms with Gasteiger partial charge in [0.1, 0.15) is 0 Å². The number of halogens is 1. The molecule has 0 saturated carbocycles. The number of guanidine groups is 1. The maximum atomic E-state index is 12.0. The van der Waals surface area contributed by atoms with Crippen LogP contribution in [0.25, 0.3) is 0 Å². The summed E-state index contributed by atoms with van der Waals surface area (Å²) in [6, 6.07) is 5.87. The van der Waals surface area contributed by atoms with E-state index in [0.717, 1.165) is 25.2 Å². The van der Waals surface area contributed by atoms with Crippen molar-refractivity contribution in [1.29, 1.82) is 0 Å². The van der Waals surface area contributed by atoms with Gasteiger partial charge in [0, 0.05) is 38.2 Å². The number of hydrogen-bond donors (Lipinski definition) is 2. The highest BCUT2D eigenvalue weighted by molar-refractivity contribution is 14.0. The predicted molar refractivity (Wildman–Crippen MR) is 109 cm³/mol. The molecule has 2 heterocycles. The number of rotatable bonds is 5. The van der Waals surface area contributed by atoms with Gasteiger partial charge in [-0.2, -0.15) is 0 Å². The molecule has 0 aromatic carbocycles. The zero-order valence-corrected chi connectivity index (χ0v) is 17.6. The van der Waals surface area contributed by atoms with Crippen LogP contribution in [0, 0.1) is 5.92 Å². The van der Waals surface area contributed by atoms with Gasteiger partial charge in [-0.3, -0.25) is 9.79 Å². The summed E-state index contributed by atoms with van der Waals surface area (Å²) in [6.45, 7) is 5.94. The van der Waals surface area contributed by atoms with Gasteiger partial charge in [-0.05, 0) is 12.5 Å². The number of carbonyl (C=O) groups excluding carboxylic acids is 1. The van der Waals surface area contributed by atoms with Crippen molar-refractivity contribution in [1.82, 2.24) is 20.5 Å². The molecule has 0 radical (unpaired) electrons. The summed E-state index contributed by atoms with van der Waals surface area (Å²) in [6.07, 6.45) is 0.927. The molecule has 1 atom stereocenters. The zero-order valence-electron chi connectivity index (χ0n) is 15.3. The van der Waals surface area contributed by atoms with Crippen LogP contribution in [0.2, 0.25) is 0 Å². The van der Waals surface area contributed by atoms with Gasteiger partial charge in [-0.1, -0.05) is 19.9 Å². The molecular formula is C17H28IN5O2. The first-order valence-electron chi connectivity index (χ1n) is 8.29. The minimum atomic E-state index is 0. The van der Waals surface area contributed by atoms with Crippen LogP contribution in [0.5, 0.6) is 5.88 Å². The number of hydrogen-bond acceptors (Lipinski definition) is 4. The number of methoxy groups -OCH3 is 1. The number of aromatic nitrogens is 1. The maximum Gasteiger partial charge on any atom is 0.225 e. The van der Waals surface area contributed by atoms with Crippen molar-refractivity contribution in [3.63, 3.8) is 0 Å². The molecule has 1 saturated heterocycles. The number of nitrogens with one attached hydrogen (secondary N) is 2. The van der Waals surface area contributed by atoms with Crippen LogP contribution in [0.3, 0.4) is 0 Å². The molecule has 140 valence electrons. The van der Waals surface area contributed by atoms with Gasteiger partial charge in [0.05, 0.1) is 19.3 Å². The number of carbonyl (C=O) groups is 1. The SMILES string of the molecule is CN=C(NCc1cccc(OC)n1)NC1CCN(C(=O)C(C)C)C1.I. The summed E-state index contributed by atoms with van der Waals surface area (Å²) in [5, 5.41) is 6.62. The summed E-state index contributed by atoms with van der Waals surface area (Å²) in [7, 11) is 3.34. The molecule has 0 bridgehead atoms. The van der Waals surface area contributed by atoms with Gasteiger partial charge in [0.2, 0.25) is 11.8 Å². The van der Waals surface area contributed by atoms with Crippen molar-refractivity contribution in [2.24, 2.45) is 10.9 Å². The van der Waals surface area contributed by atoms with E-state index in [4.69, 9.17) is 4.74 Å². The van der Waals surface area contributed by atoms with Crippen molar-refractivity contribution in [3.05, 3.63) is 23.9 Å². The minimum absolute atomic E-state index is 0. The fraction of sp³-hybridized carbons (Fsp3) is 0.588. The van der Waals surface area contributed by atoms with E-state index in [1.54, 1.807) is 14.2 Å². The van der Waals surface area contributed by atoms with Gasteiger partial charge in [0.15, 0.2) is 5.96 Å². The van der Waals surface area contributed by atoms with E-state index in [1.807, 2.05) is 36.9 Å². The summed E-state index contributed by atoms with van der Waals surface area (Å²) in [5.74, 6) is 1.56. The van der Waals surface area contributed by atoms with Crippen LogP contribution in [0.15, 0.2) is 23.2 Å². The van der Waals surface area contributed by atoms with Crippen LogP contribution < -0.4 is 15.4 Å². The molecule has 2 N–H and O–H groups in total. The van der Waals surface area contributed by atoms with E-state index in [2.05, 4.69) is 20.6 Å². The molecule has 1 aliphatic heterocycles. The highest BCUT2D eigenvalue weighted by Gasteiger charge is 2.27. The van der Waals surface area contributed by atoms with Crippen molar-refractivity contribution < 1.29 is 9.53 Å². The fourth-order valence-electron chi connectivity index (χ4n) is 2.68. The number of ether oxygens (including phenoxy) is 1. The van der Waals surface area contributed by atoms with E-state index in [9.17, 15) is 4.79 Å². The van der Waals surface area contributed by atoms with E-state index in [-0.39, 0.29) is 41.8 Å². The first kappa shape index (κ1) is 21.5. The lowest BCUT2D eigenvalue weighted by Gasteiger charge is -2.20. The van der Waals surface area contributed by atoms with Crippen LogP contribution in [0.4, 0.5) is 0 Å². The van der Waals surface area contributed by atoms with Crippen molar-refractivity contribution in [2.45, 2.75) is 32.9 Å². The van der Waals surface area contributed by atoms with Gasteiger partial charge < -0.3 is 20.3 Å². The Labute approximate surface area is 166 Å². The van der Waals surface area contributed by atoms with E-state index < -0.39 is 0 Å². The van der Waals surface area contributed by atoms with Gasteiger partial charge in [0.25, 0.3) is 0 Å². The third kappa shape index (κ3) is 6.33. The minimum Gasteiger partial charge on any atom is -0.481 e. The average Bonchev–Trinajstić information content (AvgIpc) is 3.06. The topological polar surface area (TPSA) is 78.9 Å². The molecule has 1 fully saturated rings. The molecule has 1 unspecified atom stereocenters. The highest BCUT2D eigenvalue weighted by Crippen LogP contribution is 2.12. The Morgan fingerprint density at radius 1 is 1.48 bits per heavy atom. The molecule has 1 aliphatic rings. The second kappa shape index (κ2) is 10.4. The summed E-state index contributed by atoms with van der Waals surface area (Å²) in [4.78, 5) is 22.6. The van der Waals surface area contributed by atoms with E-state index in [0.29, 0.717) is 18.4 Å². The molecule has 1 aromatic heterocycles. The summed E-state index contributed by atoms with van der Waals surface area (Å²) >= 11 is 0. The second-order valence-corrected chi connectivity index (χ2v) is 6.17. The standard InChI is InChI=1S/C17H27N5O2.HI/c1-12(2)16(23)22-9-8-14(11-22)21-17(18-3)19-10-13-6-5-7-15(20-13)24-4;/h5-7,12,14H,8-11H2,1-4H3,(H2,18,19,21);1H. The molecule has 0 spiro atoms. The number of aliphatic imine (C=N–C) groups is 1. The smallest absolute Gasteiger partial charge is 0.225 e. The first-order chi connectivity index (χ1) is 11.5. The van der Waals surface area contributed by atoms with E-state index in [1.165, 1.54) is 0 Å². The predicted octanol–water partition coefficient (Wildman–Crippen LogP) is 1.63. The van der Waals surface area contributed by atoms with Crippen molar-refractivity contribution in [3.8, 4) is 5.88 Å². The van der Waals surface area contributed by atoms with Crippen LogP contribution in [-0.4, -0.2) is 55.0 Å². The molecule has 8 heteroatoms. The van der Waals surface area contributed by atoms with E-state index >= 15 is 0 Å². The first-order valence-corrected chi connectivity index (χ1v) is 8.29. The third-order valence-corrected chi connectivity index (χ3v) is 3.99. The third-order valence-electron chi connectivity index (χ3n) is 3.99. The number of pyridine rings is 1. The lowest BCUT2D eigenvalue weighted by Crippen LogP contribution is -2.45. The van der Waals surface area contributed by atoms with Gasteiger partial charge in [-0.15, -0.1) is 24.0 Å². The Morgan fingerprint density at radius 2 is 2.24 bits per heavy atom. The molecular weight excluding hydrogens is 433 g/mol. The Bertz CT molecular complexity index is 594. The van der Waals surface area contributed by atoms with Gasteiger partial charge >= 0.3 is 0 Å². The zero-order chi connectivity index (χ0) is 17.5. The largest absolute Gasteiger partial charge is 0.481 e. The molecule has 25 heavy (non-hydrogen) atoms. The number of likely N-dealkylation sites (tertiary alicyclic amines) is 1. The molecule has 7 nitrogen and oxygen atoms in total. The second-order valence-electron chi connectivity index (χ2n) is 6.17. The average molecular weight is 461 g/mol. The Hall–Kier alpha value is -1.58. The fourth-order valence-corrected chi connectivity index (χ4v) is 2.68. The summed E-state index contributed by atoms with van der Waals surface area (Å²) < 4.78 is 5.13.